The lowest BCUT2D eigenvalue weighted by atomic mass is 9.85. The van der Waals surface area contributed by atoms with Crippen LogP contribution >= 0.6 is 0 Å². The molecule has 0 radical (unpaired) electrons. The summed E-state index contributed by atoms with van der Waals surface area (Å²) in [5.41, 5.74) is -6.10. The van der Waals surface area contributed by atoms with Crippen LogP contribution in [0.25, 0.3) is 65.6 Å². The number of hydrogen-bond acceptors (Lipinski definition) is 2. The third kappa shape index (κ3) is 2.64. The van der Waals surface area contributed by atoms with E-state index >= 15 is 0 Å². The first kappa shape index (κ1) is 9.58. The smallest absolute Gasteiger partial charge is 0.267 e. The van der Waals surface area contributed by atoms with Crippen LogP contribution < -0.4 is 11.1 Å². The number of hydrogen-bond donors (Lipinski definition) is 0. The molecule has 178 valence electrons. The number of benzene rings is 6. The lowest BCUT2D eigenvalue weighted by molar-refractivity contribution is 0.843. The highest BCUT2D eigenvalue weighted by molar-refractivity contribution is 6.27. The second-order valence-electron chi connectivity index (χ2n) is 8.26. The molecule has 4 heteroatoms. The zero-order chi connectivity index (χ0) is 41.9. The van der Waals surface area contributed by atoms with Crippen LogP contribution in [0.1, 0.15) is 26.0 Å². The van der Waals surface area contributed by atoms with Crippen molar-refractivity contribution in [2.75, 3.05) is 0 Å². The topological polar surface area (TPSA) is 43.0 Å². The minimum atomic E-state index is -1.30. The number of fused-ring (bicyclic) bond motifs is 8. The molecule has 8 rings (SSSR count). The Kier molecular flexibility index (Phi) is 1.93. The average molecular weight is 508 g/mol. The largest absolute Gasteiger partial charge is 0.282 e. The maximum absolute atomic E-state index is 14.4. The van der Waals surface area contributed by atoms with Gasteiger partial charge in [0.1, 0.15) is 0 Å². The van der Waals surface area contributed by atoms with E-state index in [0.29, 0.717) is 4.52 Å². The van der Waals surface area contributed by atoms with E-state index in [1.165, 1.54) is 0 Å². The molecule has 0 amide bonds. The van der Waals surface area contributed by atoms with Crippen LogP contribution in [0.4, 0.5) is 0 Å². The van der Waals surface area contributed by atoms with Gasteiger partial charge < -0.3 is 0 Å². The Morgan fingerprint density at radius 2 is 1.05 bits per heavy atom. The number of rotatable bonds is 2. The summed E-state index contributed by atoms with van der Waals surface area (Å²) < 4.78 is 167. The summed E-state index contributed by atoms with van der Waals surface area (Å²) in [6.07, 6.45) is 0. The van der Waals surface area contributed by atoms with Crippen LogP contribution in [0.2, 0.25) is 0 Å². The zero-order valence-electron chi connectivity index (χ0n) is 37.8. The molecule has 8 aromatic rings. The fraction of sp³-hybridized carbons (Fsp3) is 0. The second kappa shape index (κ2) is 7.64. The van der Waals surface area contributed by atoms with Crippen molar-refractivity contribution >= 4 is 43.4 Å². The van der Waals surface area contributed by atoms with Gasteiger partial charge in [-0.15, -0.1) is 0 Å². The van der Waals surface area contributed by atoms with Crippen LogP contribution in [0.5, 0.6) is 0 Å². The van der Waals surface area contributed by atoms with Crippen molar-refractivity contribution in [1.29, 1.82) is 0 Å². The summed E-state index contributed by atoms with van der Waals surface area (Å²) in [4.78, 5) is 28.4. The Hall–Kier alpha value is -5.22. The molecule has 0 fully saturated rings. The minimum absolute atomic E-state index is 0.389. The van der Waals surface area contributed by atoms with Crippen molar-refractivity contribution in [3.8, 4) is 22.3 Å². The molecular formula is C34H20N2O2. The van der Waals surface area contributed by atoms with Crippen molar-refractivity contribution in [3.63, 3.8) is 0 Å². The van der Waals surface area contributed by atoms with Crippen LogP contribution in [-0.2, 0) is 0 Å². The molecule has 0 atom stereocenters. The molecule has 0 bridgehead atoms. The van der Waals surface area contributed by atoms with E-state index in [1.807, 2.05) is 0 Å². The molecule has 0 saturated carbocycles. The van der Waals surface area contributed by atoms with E-state index in [9.17, 15) is 13.7 Å². The van der Waals surface area contributed by atoms with Crippen LogP contribution in [-0.4, -0.2) is 9.03 Å². The normalized spacial score (nSPS) is 18.9. The Morgan fingerprint density at radius 3 is 1.84 bits per heavy atom. The van der Waals surface area contributed by atoms with Crippen LogP contribution in [0.15, 0.2) is 130 Å². The molecule has 6 aromatic carbocycles. The van der Waals surface area contributed by atoms with Gasteiger partial charge >= 0.3 is 0 Å². The van der Waals surface area contributed by atoms with Gasteiger partial charge in [-0.1, -0.05) is 103 Å². The van der Waals surface area contributed by atoms with Gasteiger partial charge in [-0.25, -0.2) is 4.52 Å². The molecule has 0 spiro atoms. The predicted octanol–water partition coefficient (Wildman–Crippen LogP) is 7.14. The highest BCUT2D eigenvalue weighted by Gasteiger charge is 2.24. The molecule has 0 unspecified atom stereocenters. The lowest BCUT2D eigenvalue weighted by Crippen LogP contribution is -2.21. The molecule has 0 saturated heterocycles. The van der Waals surface area contributed by atoms with Crippen LogP contribution in [0.3, 0.4) is 0 Å². The average Bonchev–Trinajstić information content (AvgIpc) is 3.66. The van der Waals surface area contributed by atoms with Gasteiger partial charge in [0, 0.05) is 5.39 Å². The van der Waals surface area contributed by atoms with Gasteiger partial charge in [-0.3, -0.25) is 9.59 Å². The molecular weight excluding hydrogens is 468 g/mol. The molecule has 2 aromatic heterocycles. The fourth-order valence-corrected chi connectivity index (χ4v) is 4.95. The molecule has 0 N–H and O–H groups in total. The Labute approximate surface area is 243 Å². The molecule has 2 heterocycles. The van der Waals surface area contributed by atoms with E-state index in [4.69, 9.17) is 21.9 Å². The van der Waals surface area contributed by atoms with Crippen molar-refractivity contribution in [2.24, 2.45) is 0 Å². The lowest BCUT2D eigenvalue weighted by Gasteiger charge is -2.18. The second-order valence-corrected chi connectivity index (χ2v) is 8.26. The maximum Gasteiger partial charge on any atom is 0.282 e. The van der Waals surface area contributed by atoms with Crippen molar-refractivity contribution in [1.82, 2.24) is 9.03 Å². The summed E-state index contributed by atoms with van der Waals surface area (Å²) in [5, 5.41) is -3.73. The summed E-state index contributed by atoms with van der Waals surface area (Å²) in [6, 6.07) is -15.3. The third-order valence-corrected chi connectivity index (χ3v) is 6.40. The Balaban J connectivity index is 1.92. The van der Waals surface area contributed by atoms with Crippen molar-refractivity contribution in [2.45, 2.75) is 0 Å². The fourth-order valence-electron chi connectivity index (χ4n) is 4.95. The maximum atomic E-state index is 14.4. The summed E-state index contributed by atoms with van der Waals surface area (Å²) in [6.45, 7) is 0. The number of aromatic nitrogens is 2. The van der Waals surface area contributed by atoms with E-state index in [1.54, 1.807) is 0 Å². The van der Waals surface area contributed by atoms with Gasteiger partial charge in [0.05, 0.1) is 47.9 Å². The van der Waals surface area contributed by atoms with Gasteiger partial charge in [0.2, 0.25) is 0 Å². The van der Waals surface area contributed by atoms with E-state index in [2.05, 4.69) is 0 Å². The first-order valence-corrected chi connectivity index (χ1v) is 11.1. The molecule has 38 heavy (non-hydrogen) atoms. The molecule has 4 nitrogen and oxygen atoms in total. The summed E-state index contributed by atoms with van der Waals surface area (Å²) in [7, 11) is 0. The monoisotopic (exact) mass is 507 g/mol. The molecule has 0 aliphatic heterocycles. The van der Waals surface area contributed by atoms with Crippen molar-refractivity contribution in [3.05, 3.63) is 142 Å². The van der Waals surface area contributed by atoms with E-state index in [-0.39, 0.29) is 0 Å². The van der Waals surface area contributed by atoms with E-state index < -0.39 is 192 Å². The highest BCUT2D eigenvalue weighted by Crippen LogP contribution is 2.45. The first-order valence-electron chi connectivity index (χ1n) is 20.6. The van der Waals surface area contributed by atoms with Gasteiger partial charge in [-0.05, 0) is 56.5 Å². The van der Waals surface area contributed by atoms with Gasteiger partial charge in [-0.2, -0.15) is 4.52 Å². The third-order valence-electron chi connectivity index (χ3n) is 6.40. The standard InChI is InChI=1S/C34H20N2O2/c37-33-25-17-9-10-18-28(25)35-32-27(34(38)36(33)35)20-19-26-29(21-11-3-1-4-12-21)23-15-7-8-16-24(23)30(31(26)32)22-13-5-2-6-14-22/h1-20H/i1D,2D,3D,4D,5D,6D,7D,8D,9D,10D,11D,12D,13D,15D,16D,17D,18D,19D,20D. The highest BCUT2D eigenvalue weighted by atomic mass is 16.2. The minimum Gasteiger partial charge on any atom is -0.267 e. The summed E-state index contributed by atoms with van der Waals surface area (Å²) in [5.74, 6) is 0. The Morgan fingerprint density at radius 1 is 0.474 bits per heavy atom. The van der Waals surface area contributed by atoms with E-state index in [0.717, 1.165) is 10.6 Å². The zero-order valence-corrected chi connectivity index (χ0v) is 18.8. The van der Waals surface area contributed by atoms with Gasteiger partial charge in [0.15, 0.2) is 0 Å². The summed E-state index contributed by atoms with van der Waals surface area (Å²) >= 11 is 0. The Bertz CT molecular complexity index is 3370. The number of nitrogens with zero attached hydrogens (tertiary/aromatic N) is 2. The first-order chi connectivity index (χ1) is 26.6. The SMILES string of the molecule is [2H]c1cc(-c2c3c([2H])c([2H])c([2H])c([2H])c3c(-c3c([2H])c([2H])c([2H])c([2H])c3[2H])c3c([2H])c([2H])c4c(=O)n5c(=O)c6c([2H])c([2H])c([2H])c([2H])c6n5c4c23)c([2H])c([2H])c1[2H]. The predicted molar refractivity (Wildman–Crippen MR) is 155 cm³/mol. The van der Waals surface area contributed by atoms with Crippen molar-refractivity contribution < 1.29 is 26.0 Å². The molecule has 0 aliphatic carbocycles. The van der Waals surface area contributed by atoms with Gasteiger partial charge in [0.25, 0.3) is 11.1 Å². The number of para-hydroxylation sites is 1. The molecule has 0 aliphatic rings. The van der Waals surface area contributed by atoms with Crippen LogP contribution in [0, 0.1) is 0 Å². The quantitative estimate of drug-likeness (QED) is 0.233.